The number of sulfonamides is 1. The van der Waals surface area contributed by atoms with Gasteiger partial charge in [-0.15, -0.1) is 10.2 Å². The number of rotatable bonds is 4. The number of halogens is 1. The molecule has 1 aliphatic heterocycles. The van der Waals surface area contributed by atoms with E-state index in [4.69, 9.17) is 16.3 Å². The number of nitrogens with zero attached hydrogens (tertiary/aromatic N) is 5. The molecule has 0 bridgehead atoms. The van der Waals surface area contributed by atoms with Crippen LogP contribution in [0.15, 0.2) is 18.2 Å². The van der Waals surface area contributed by atoms with E-state index >= 15 is 0 Å². The molecule has 11 heteroatoms. The number of aromatic nitrogens is 4. The smallest absolute Gasteiger partial charge is 0.234 e. The number of methoxy groups -OCH3 is 1. The second-order valence-electron chi connectivity index (χ2n) is 6.47. The Hall–Kier alpha value is -1.75. The molecule has 0 radical (unpaired) electrons. The monoisotopic (exact) mass is 427 g/mol. The predicted molar refractivity (Wildman–Crippen MR) is 104 cm³/mol. The Kier molecular flexibility index (Phi) is 4.83. The van der Waals surface area contributed by atoms with Crippen LogP contribution in [0.4, 0.5) is 0 Å². The van der Waals surface area contributed by atoms with E-state index < -0.39 is 10.0 Å². The van der Waals surface area contributed by atoms with Crippen molar-refractivity contribution in [2.75, 3.05) is 26.5 Å². The van der Waals surface area contributed by atoms with E-state index in [1.807, 2.05) is 6.07 Å². The van der Waals surface area contributed by atoms with Gasteiger partial charge in [-0.05, 0) is 31.0 Å². The van der Waals surface area contributed by atoms with E-state index in [0.29, 0.717) is 34.6 Å². The highest BCUT2D eigenvalue weighted by molar-refractivity contribution is 7.88. The summed E-state index contributed by atoms with van der Waals surface area (Å²) < 4.78 is 32.2. The first kappa shape index (κ1) is 18.6. The van der Waals surface area contributed by atoms with Crippen LogP contribution in [-0.4, -0.2) is 59.0 Å². The highest BCUT2D eigenvalue weighted by Crippen LogP contribution is 2.34. The van der Waals surface area contributed by atoms with Gasteiger partial charge < -0.3 is 4.74 Å². The quantitative estimate of drug-likeness (QED) is 0.635. The molecule has 0 aliphatic carbocycles. The molecule has 0 spiro atoms. The topological polar surface area (TPSA) is 89.7 Å². The molecule has 2 aromatic heterocycles. The Labute approximate surface area is 165 Å². The third kappa shape index (κ3) is 3.54. The Morgan fingerprint density at radius 3 is 2.85 bits per heavy atom. The number of piperidine rings is 1. The molecule has 0 amide bonds. The van der Waals surface area contributed by atoms with E-state index in [9.17, 15) is 8.42 Å². The van der Waals surface area contributed by atoms with E-state index in [1.165, 1.54) is 21.9 Å². The molecule has 0 saturated carbocycles. The summed E-state index contributed by atoms with van der Waals surface area (Å²) in [5, 5.41) is 14.4. The van der Waals surface area contributed by atoms with Crippen LogP contribution < -0.4 is 4.74 Å². The highest BCUT2D eigenvalue weighted by atomic mass is 35.5. The minimum absolute atomic E-state index is 0.0297. The fourth-order valence-electron chi connectivity index (χ4n) is 3.26. The van der Waals surface area contributed by atoms with E-state index in [1.54, 1.807) is 23.8 Å². The van der Waals surface area contributed by atoms with Crippen molar-refractivity contribution in [3.63, 3.8) is 0 Å². The summed E-state index contributed by atoms with van der Waals surface area (Å²) in [6.45, 7) is 0.949. The molecule has 27 heavy (non-hydrogen) atoms. The van der Waals surface area contributed by atoms with Crippen molar-refractivity contribution in [1.82, 2.24) is 24.1 Å². The molecular formula is C16H18ClN5O3S2. The van der Waals surface area contributed by atoms with Crippen LogP contribution in [0, 0.1) is 0 Å². The van der Waals surface area contributed by atoms with E-state index in [-0.39, 0.29) is 5.92 Å². The van der Waals surface area contributed by atoms with Gasteiger partial charge in [-0.25, -0.2) is 12.7 Å². The third-order valence-corrected chi connectivity index (χ3v) is 7.14. The second kappa shape index (κ2) is 7.01. The summed E-state index contributed by atoms with van der Waals surface area (Å²) in [5.74, 6) is 1.27. The fourth-order valence-corrected chi connectivity index (χ4v) is 5.27. The maximum Gasteiger partial charge on any atom is 0.234 e. The lowest BCUT2D eigenvalue weighted by Gasteiger charge is -2.29. The lowest BCUT2D eigenvalue weighted by molar-refractivity contribution is 0.309. The average molecular weight is 428 g/mol. The summed E-state index contributed by atoms with van der Waals surface area (Å²) in [5.41, 5.74) is 0.864. The first-order chi connectivity index (χ1) is 12.9. The van der Waals surface area contributed by atoms with Gasteiger partial charge in [0.15, 0.2) is 5.82 Å². The Balaban J connectivity index is 1.67. The highest BCUT2D eigenvalue weighted by Gasteiger charge is 2.30. The summed E-state index contributed by atoms with van der Waals surface area (Å²) >= 11 is 7.63. The number of hydrogen-bond acceptors (Lipinski definition) is 7. The zero-order valence-electron chi connectivity index (χ0n) is 14.8. The van der Waals surface area contributed by atoms with Gasteiger partial charge in [0.2, 0.25) is 15.0 Å². The first-order valence-corrected chi connectivity index (χ1v) is 11.4. The van der Waals surface area contributed by atoms with Gasteiger partial charge in [0.1, 0.15) is 10.8 Å². The lowest BCUT2D eigenvalue weighted by Crippen LogP contribution is -2.38. The first-order valence-electron chi connectivity index (χ1n) is 8.38. The van der Waals surface area contributed by atoms with Crippen LogP contribution in [-0.2, 0) is 10.0 Å². The van der Waals surface area contributed by atoms with Crippen molar-refractivity contribution in [2.45, 2.75) is 18.8 Å². The van der Waals surface area contributed by atoms with Crippen molar-refractivity contribution in [3.8, 4) is 16.3 Å². The van der Waals surface area contributed by atoms with Gasteiger partial charge >= 0.3 is 0 Å². The molecule has 1 aromatic carbocycles. The molecule has 144 valence electrons. The molecule has 1 atom stereocenters. The summed E-state index contributed by atoms with van der Waals surface area (Å²) in [7, 11) is -1.65. The maximum atomic E-state index is 11.9. The molecule has 0 N–H and O–H groups in total. The van der Waals surface area contributed by atoms with Crippen molar-refractivity contribution in [1.29, 1.82) is 0 Å². The van der Waals surface area contributed by atoms with E-state index in [0.717, 1.165) is 23.4 Å². The molecule has 3 aromatic rings. The Morgan fingerprint density at radius 2 is 2.15 bits per heavy atom. The van der Waals surface area contributed by atoms with Gasteiger partial charge in [-0.2, -0.15) is 9.61 Å². The average Bonchev–Trinajstić information content (AvgIpc) is 3.21. The number of fused-ring (bicyclic) bond motifs is 1. The Morgan fingerprint density at radius 1 is 1.33 bits per heavy atom. The summed E-state index contributed by atoms with van der Waals surface area (Å²) in [6.07, 6.45) is 2.88. The van der Waals surface area contributed by atoms with Crippen molar-refractivity contribution in [2.24, 2.45) is 0 Å². The van der Waals surface area contributed by atoms with Crippen molar-refractivity contribution >= 4 is 37.9 Å². The minimum atomic E-state index is -3.22. The van der Waals surface area contributed by atoms with E-state index in [2.05, 4.69) is 15.3 Å². The number of ether oxygens (including phenoxy) is 1. The van der Waals surface area contributed by atoms with Gasteiger partial charge in [0.05, 0.1) is 18.4 Å². The molecule has 1 unspecified atom stereocenters. The summed E-state index contributed by atoms with van der Waals surface area (Å²) in [6, 6.07) is 5.49. The molecule has 1 fully saturated rings. The molecule has 3 heterocycles. The lowest BCUT2D eigenvalue weighted by atomic mass is 9.99. The zero-order chi connectivity index (χ0) is 19.2. The van der Waals surface area contributed by atoms with Crippen molar-refractivity contribution < 1.29 is 13.2 Å². The van der Waals surface area contributed by atoms with Crippen LogP contribution in [0.5, 0.6) is 5.75 Å². The van der Waals surface area contributed by atoms with Crippen LogP contribution in [0.25, 0.3) is 15.5 Å². The second-order valence-corrected chi connectivity index (χ2v) is 9.81. The van der Waals surface area contributed by atoms with Gasteiger partial charge in [-0.3, -0.25) is 0 Å². The Bertz CT molecular complexity index is 1090. The van der Waals surface area contributed by atoms with Crippen LogP contribution in [0.1, 0.15) is 24.6 Å². The molecule has 1 saturated heterocycles. The third-order valence-electron chi connectivity index (χ3n) is 4.63. The van der Waals surface area contributed by atoms with Crippen LogP contribution >= 0.6 is 22.9 Å². The van der Waals surface area contributed by atoms with Crippen molar-refractivity contribution in [3.05, 3.63) is 29.0 Å². The predicted octanol–water partition coefficient (Wildman–Crippen LogP) is 2.65. The standard InChI is InChI=1S/C16H18ClN5O3S2/c1-25-13-6-5-10(8-12(13)17)15-20-22-14(18-19-16(22)26-15)11-4-3-7-21(9-11)27(2,23)24/h5-6,8,11H,3-4,7,9H2,1-2H3. The molecule has 1 aliphatic rings. The van der Waals surface area contributed by atoms with Gasteiger partial charge in [-0.1, -0.05) is 22.9 Å². The van der Waals surface area contributed by atoms with Crippen LogP contribution in [0.2, 0.25) is 5.02 Å². The van der Waals surface area contributed by atoms with Crippen LogP contribution in [0.3, 0.4) is 0 Å². The fraction of sp³-hybridized carbons (Fsp3) is 0.438. The number of hydrogen-bond donors (Lipinski definition) is 0. The minimum Gasteiger partial charge on any atom is -0.495 e. The molecule has 8 nitrogen and oxygen atoms in total. The largest absolute Gasteiger partial charge is 0.495 e. The number of benzene rings is 1. The summed E-state index contributed by atoms with van der Waals surface area (Å²) in [4.78, 5) is 0.670. The zero-order valence-corrected chi connectivity index (χ0v) is 17.2. The molecular weight excluding hydrogens is 410 g/mol. The van der Waals surface area contributed by atoms with Gasteiger partial charge in [0, 0.05) is 24.6 Å². The SMILES string of the molecule is COc1ccc(-c2nn3c(C4CCCN(S(C)(=O)=O)C4)nnc3s2)cc1Cl. The maximum absolute atomic E-state index is 11.9. The van der Waals surface area contributed by atoms with Gasteiger partial charge in [0.25, 0.3) is 0 Å². The normalized spacial score (nSPS) is 18.9. The molecule has 4 rings (SSSR count).